The van der Waals surface area contributed by atoms with Crippen molar-refractivity contribution in [3.63, 3.8) is 0 Å². The lowest BCUT2D eigenvalue weighted by molar-refractivity contribution is -0.113. The van der Waals surface area contributed by atoms with E-state index in [9.17, 15) is 4.79 Å². The molecule has 4 rings (SSSR count). The van der Waals surface area contributed by atoms with E-state index in [4.69, 9.17) is 11.6 Å². The number of anilines is 3. The molecule has 0 radical (unpaired) electrons. The van der Waals surface area contributed by atoms with Gasteiger partial charge in [0.1, 0.15) is 5.82 Å². The van der Waals surface area contributed by atoms with Gasteiger partial charge in [0.05, 0.1) is 22.0 Å². The summed E-state index contributed by atoms with van der Waals surface area (Å²) in [5.41, 5.74) is 2.34. The summed E-state index contributed by atoms with van der Waals surface area (Å²) in [4.78, 5) is 21.5. The summed E-state index contributed by atoms with van der Waals surface area (Å²) in [6.45, 7) is 0. The van der Waals surface area contributed by atoms with Crippen LogP contribution in [0.5, 0.6) is 0 Å². The Bertz CT molecular complexity index is 1150. The maximum atomic E-state index is 12.3. The van der Waals surface area contributed by atoms with Crippen LogP contribution in [0.2, 0.25) is 5.02 Å². The van der Waals surface area contributed by atoms with Crippen LogP contribution in [-0.2, 0) is 4.79 Å². The second-order valence-electron chi connectivity index (χ2n) is 6.18. The number of amides is 1. The zero-order chi connectivity index (χ0) is 20.1. The van der Waals surface area contributed by atoms with Gasteiger partial charge in [-0.3, -0.25) is 4.79 Å². The predicted octanol–water partition coefficient (Wildman–Crippen LogP) is 5.76. The molecule has 144 valence electrons. The minimum atomic E-state index is -0.169. The van der Waals surface area contributed by atoms with Crippen LogP contribution in [0.15, 0.2) is 84.0 Å². The Kier molecular flexibility index (Phi) is 5.93. The standard InChI is InChI=1S/C22H17ClN4OS/c23-17-11-5-7-13-19(17)25-20(28)14-29-22-26-18-12-6-4-10-16(18)21(27-22)24-15-8-2-1-3-9-15/h1-13H,14H2,(H,25,28)(H,24,26,27). The molecule has 7 heteroatoms. The van der Waals surface area contributed by atoms with E-state index in [0.717, 1.165) is 16.6 Å². The molecular weight excluding hydrogens is 404 g/mol. The number of halogens is 1. The zero-order valence-corrected chi connectivity index (χ0v) is 16.9. The molecule has 1 aromatic heterocycles. The molecule has 0 saturated carbocycles. The van der Waals surface area contributed by atoms with Crippen LogP contribution in [0.25, 0.3) is 10.9 Å². The molecule has 3 aromatic carbocycles. The SMILES string of the molecule is O=C(CSc1nc(Nc2ccccc2)c2ccccc2n1)Nc1ccccc1Cl. The average molecular weight is 421 g/mol. The van der Waals surface area contributed by atoms with Crippen LogP contribution in [-0.4, -0.2) is 21.6 Å². The Morgan fingerprint density at radius 2 is 1.62 bits per heavy atom. The molecule has 0 bridgehead atoms. The molecule has 0 spiro atoms. The van der Waals surface area contributed by atoms with Crippen molar-refractivity contribution in [3.05, 3.63) is 83.9 Å². The van der Waals surface area contributed by atoms with E-state index in [2.05, 4.69) is 20.6 Å². The fourth-order valence-electron chi connectivity index (χ4n) is 2.75. The number of nitrogens with one attached hydrogen (secondary N) is 2. The molecule has 0 saturated heterocycles. The van der Waals surface area contributed by atoms with Crippen LogP contribution >= 0.6 is 23.4 Å². The normalized spacial score (nSPS) is 10.7. The lowest BCUT2D eigenvalue weighted by Gasteiger charge is -2.11. The van der Waals surface area contributed by atoms with E-state index in [-0.39, 0.29) is 11.7 Å². The van der Waals surface area contributed by atoms with Crippen molar-refractivity contribution in [2.24, 2.45) is 0 Å². The van der Waals surface area contributed by atoms with Crippen LogP contribution < -0.4 is 10.6 Å². The first-order valence-electron chi connectivity index (χ1n) is 8.95. The summed E-state index contributed by atoms with van der Waals surface area (Å²) in [5.74, 6) is 0.710. The first kappa shape index (κ1) is 19.2. The number of thioether (sulfide) groups is 1. The number of hydrogen-bond acceptors (Lipinski definition) is 5. The van der Waals surface area contributed by atoms with Gasteiger partial charge in [0.2, 0.25) is 5.91 Å². The smallest absolute Gasteiger partial charge is 0.234 e. The molecule has 5 nitrogen and oxygen atoms in total. The summed E-state index contributed by atoms with van der Waals surface area (Å²) < 4.78 is 0. The zero-order valence-electron chi connectivity index (χ0n) is 15.3. The van der Waals surface area contributed by atoms with Crippen molar-refractivity contribution in [1.29, 1.82) is 0 Å². The van der Waals surface area contributed by atoms with E-state index in [0.29, 0.717) is 21.7 Å². The Labute approximate surface area is 177 Å². The number of fused-ring (bicyclic) bond motifs is 1. The highest BCUT2D eigenvalue weighted by Crippen LogP contribution is 2.27. The maximum absolute atomic E-state index is 12.3. The molecule has 29 heavy (non-hydrogen) atoms. The van der Waals surface area contributed by atoms with Crippen molar-refractivity contribution in [3.8, 4) is 0 Å². The first-order chi connectivity index (χ1) is 14.2. The van der Waals surface area contributed by atoms with E-state index >= 15 is 0 Å². The number of aromatic nitrogens is 2. The first-order valence-corrected chi connectivity index (χ1v) is 10.3. The highest BCUT2D eigenvalue weighted by atomic mass is 35.5. The Morgan fingerprint density at radius 1 is 0.897 bits per heavy atom. The topological polar surface area (TPSA) is 66.9 Å². The third-order valence-corrected chi connectivity index (χ3v) is 5.28. The van der Waals surface area contributed by atoms with E-state index < -0.39 is 0 Å². The highest BCUT2D eigenvalue weighted by Gasteiger charge is 2.11. The molecule has 4 aromatic rings. The molecule has 0 fully saturated rings. The van der Waals surface area contributed by atoms with Gasteiger partial charge in [-0.25, -0.2) is 9.97 Å². The van der Waals surface area contributed by atoms with E-state index in [1.54, 1.807) is 12.1 Å². The molecule has 0 aliphatic carbocycles. The molecule has 1 amide bonds. The van der Waals surface area contributed by atoms with Gasteiger partial charge >= 0.3 is 0 Å². The van der Waals surface area contributed by atoms with Gasteiger partial charge in [-0.2, -0.15) is 0 Å². The van der Waals surface area contributed by atoms with Gasteiger partial charge in [0.25, 0.3) is 0 Å². The number of rotatable bonds is 6. The highest BCUT2D eigenvalue weighted by molar-refractivity contribution is 7.99. The molecule has 0 unspecified atom stereocenters. The van der Waals surface area contributed by atoms with Crippen LogP contribution in [0.3, 0.4) is 0 Å². The quantitative estimate of drug-likeness (QED) is 0.306. The summed E-state index contributed by atoms with van der Waals surface area (Å²) in [6, 6.07) is 24.7. The summed E-state index contributed by atoms with van der Waals surface area (Å²) in [5, 5.41) is 8.09. The van der Waals surface area contributed by atoms with E-state index in [1.165, 1.54) is 11.8 Å². The number of hydrogen-bond donors (Lipinski definition) is 2. The minimum Gasteiger partial charge on any atom is -0.340 e. The molecule has 2 N–H and O–H groups in total. The molecule has 0 aliphatic rings. The van der Waals surface area contributed by atoms with Crippen molar-refractivity contribution >= 4 is 57.4 Å². The number of para-hydroxylation sites is 3. The number of carbonyl (C=O) groups is 1. The van der Waals surface area contributed by atoms with E-state index in [1.807, 2.05) is 66.7 Å². The fourth-order valence-corrected chi connectivity index (χ4v) is 3.59. The van der Waals surface area contributed by atoms with Gasteiger partial charge in [-0.15, -0.1) is 0 Å². The van der Waals surface area contributed by atoms with Crippen LogP contribution in [0.1, 0.15) is 0 Å². The Hall–Kier alpha value is -3.09. The second-order valence-corrected chi connectivity index (χ2v) is 7.53. The summed E-state index contributed by atoms with van der Waals surface area (Å²) in [7, 11) is 0. The lowest BCUT2D eigenvalue weighted by atomic mass is 10.2. The van der Waals surface area contributed by atoms with Crippen molar-refractivity contribution in [2.75, 3.05) is 16.4 Å². The van der Waals surface area contributed by atoms with Gasteiger partial charge in [0.15, 0.2) is 5.16 Å². The van der Waals surface area contributed by atoms with Crippen LogP contribution in [0, 0.1) is 0 Å². The van der Waals surface area contributed by atoms with Gasteiger partial charge < -0.3 is 10.6 Å². The van der Waals surface area contributed by atoms with Crippen LogP contribution in [0.4, 0.5) is 17.2 Å². The number of carbonyl (C=O) groups excluding carboxylic acids is 1. The van der Waals surface area contributed by atoms with Crippen molar-refractivity contribution in [2.45, 2.75) is 5.16 Å². The molecule has 0 aliphatic heterocycles. The average Bonchev–Trinajstić information content (AvgIpc) is 2.75. The van der Waals surface area contributed by atoms with Gasteiger partial charge in [-0.05, 0) is 36.4 Å². The third-order valence-electron chi connectivity index (χ3n) is 4.10. The van der Waals surface area contributed by atoms with Crippen molar-refractivity contribution in [1.82, 2.24) is 9.97 Å². The molecular formula is C22H17ClN4OS. The Morgan fingerprint density at radius 3 is 2.45 bits per heavy atom. The molecule has 0 atom stereocenters. The summed E-state index contributed by atoms with van der Waals surface area (Å²) in [6.07, 6.45) is 0. The fraction of sp³-hybridized carbons (Fsp3) is 0.0455. The minimum absolute atomic E-state index is 0.169. The second kappa shape index (κ2) is 8.94. The maximum Gasteiger partial charge on any atom is 0.234 e. The predicted molar refractivity (Wildman–Crippen MR) is 120 cm³/mol. The molecule has 1 heterocycles. The Balaban J connectivity index is 1.53. The number of benzene rings is 3. The number of nitrogens with zero attached hydrogens (tertiary/aromatic N) is 2. The van der Waals surface area contributed by atoms with Crippen molar-refractivity contribution < 1.29 is 4.79 Å². The van der Waals surface area contributed by atoms with Gasteiger partial charge in [0, 0.05) is 11.1 Å². The monoisotopic (exact) mass is 420 g/mol. The largest absolute Gasteiger partial charge is 0.340 e. The lowest BCUT2D eigenvalue weighted by Crippen LogP contribution is -2.14. The third kappa shape index (κ3) is 4.85. The summed E-state index contributed by atoms with van der Waals surface area (Å²) >= 11 is 7.37. The van der Waals surface area contributed by atoms with Gasteiger partial charge in [-0.1, -0.05) is 65.8 Å².